The average Bonchev–Trinajstić information content (AvgIpc) is 2.30. The molecule has 0 bridgehead atoms. The van der Waals surface area contributed by atoms with E-state index in [1.54, 1.807) is 19.1 Å². The molecule has 0 saturated heterocycles. The van der Waals surface area contributed by atoms with Crippen LogP contribution in [0, 0.1) is 5.92 Å². The molecule has 0 N–H and O–H groups in total. The summed E-state index contributed by atoms with van der Waals surface area (Å²) in [5.41, 5.74) is 0.441. The lowest BCUT2D eigenvalue weighted by Crippen LogP contribution is -2.19. The molecule has 0 fully saturated rings. The van der Waals surface area contributed by atoms with Crippen molar-refractivity contribution in [2.45, 2.75) is 33.8 Å². The average molecular weight is 237 g/mol. The van der Waals surface area contributed by atoms with E-state index in [0.717, 1.165) is 0 Å². The fraction of sp³-hybridized carbons (Fsp3) is 0.538. The SMILES string of the molecule is CCOC(=O)c1ccc(OC(C)C(C)C)nc1. The molecule has 0 radical (unpaired) electrons. The van der Waals surface area contributed by atoms with Gasteiger partial charge >= 0.3 is 5.97 Å². The first-order valence-electron chi connectivity index (χ1n) is 5.84. The van der Waals surface area contributed by atoms with Crippen LogP contribution in [0.4, 0.5) is 0 Å². The van der Waals surface area contributed by atoms with Crippen LogP contribution in [0.3, 0.4) is 0 Å². The maximum atomic E-state index is 11.4. The molecule has 1 aromatic heterocycles. The first kappa shape index (κ1) is 13.5. The Bertz CT molecular complexity index is 359. The van der Waals surface area contributed by atoms with E-state index >= 15 is 0 Å². The van der Waals surface area contributed by atoms with E-state index in [-0.39, 0.29) is 12.1 Å². The highest BCUT2D eigenvalue weighted by molar-refractivity contribution is 5.89. The summed E-state index contributed by atoms with van der Waals surface area (Å²) in [5, 5.41) is 0. The van der Waals surface area contributed by atoms with Crippen LogP contribution in [-0.4, -0.2) is 23.7 Å². The predicted molar refractivity (Wildman–Crippen MR) is 65.1 cm³/mol. The van der Waals surface area contributed by atoms with Gasteiger partial charge < -0.3 is 9.47 Å². The molecule has 1 atom stereocenters. The minimum absolute atomic E-state index is 0.0935. The summed E-state index contributed by atoms with van der Waals surface area (Å²) in [7, 11) is 0. The molecule has 1 unspecified atom stereocenters. The number of esters is 1. The van der Waals surface area contributed by atoms with Gasteiger partial charge in [0.15, 0.2) is 0 Å². The minimum Gasteiger partial charge on any atom is -0.474 e. The lowest BCUT2D eigenvalue weighted by molar-refractivity contribution is 0.0525. The van der Waals surface area contributed by atoms with Gasteiger partial charge in [-0.15, -0.1) is 0 Å². The summed E-state index contributed by atoms with van der Waals surface area (Å²) >= 11 is 0. The Morgan fingerprint density at radius 2 is 2.06 bits per heavy atom. The minimum atomic E-state index is -0.358. The molecular weight excluding hydrogens is 218 g/mol. The van der Waals surface area contributed by atoms with Gasteiger partial charge in [0, 0.05) is 12.3 Å². The Hall–Kier alpha value is -1.58. The van der Waals surface area contributed by atoms with Gasteiger partial charge in [-0.05, 0) is 25.8 Å². The monoisotopic (exact) mass is 237 g/mol. The number of rotatable bonds is 5. The lowest BCUT2D eigenvalue weighted by Gasteiger charge is -2.17. The van der Waals surface area contributed by atoms with E-state index in [1.807, 2.05) is 6.92 Å². The second kappa shape index (κ2) is 6.23. The number of carbonyl (C=O) groups is 1. The van der Waals surface area contributed by atoms with Gasteiger partial charge in [-0.25, -0.2) is 9.78 Å². The molecule has 4 heteroatoms. The highest BCUT2D eigenvalue weighted by atomic mass is 16.5. The molecule has 1 rings (SSSR count). The topological polar surface area (TPSA) is 48.4 Å². The predicted octanol–water partition coefficient (Wildman–Crippen LogP) is 2.68. The van der Waals surface area contributed by atoms with Gasteiger partial charge in [-0.1, -0.05) is 13.8 Å². The zero-order chi connectivity index (χ0) is 12.8. The number of hydrogen-bond acceptors (Lipinski definition) is 4. The van der Waals surface area contributed by atoms with Gasteiger partial charge in [0.1, 0.15) is 0 Å². The highest BCUT2D eigenvalue weighted by Gasteiger charge is 2.11. The number of hydrogen-bond donors (Lipinski definition) is 0. The van der Waals surface area contributed by atoms with Crippen LogP contribution < -0.4 is 4.74 Å². The molecule has 94 valence electrons. The van der Waals surface area contributed by atoms with E-state index in [1.165, 1.54) is 6.20 Å². The van der Waals surface area contributed by atoms with Crippen molar-refractivity contribution in [1.82, 2.24) is 4.98 Å². The van der Waals surface area contributed by atoms with Crippen LogP contribution in [0.25, 0.3) is 0 Å². The van der Waals surface area contributed by atoms with Gasteiger partial charge in [-0.3, -0.25) is 0 Å². The van der Waals surface area contributed by atoms with Gasteiger partial charge in [0.05, 0.1) is 18.3 Å². The maximum absolute atomic E-state index is 11.4. The van der Waals surface area contributed by atoms with Crippen molar-refractivity contribution in [3.05, 3.63) is 23.9 Å². The smallest absolute Gasteiger partial charge is 0.339 e. The first-order chi connectivity index (χ1) is 8.04. The molecule has 0 spiro atoms. The third kappa shape index (κ3) is 4.06. The van der Waals surface area contributed by atoms with Crippen molar-refractivity contribution in [1.29, 1.82) is 0 Å². The summed E-state index contributed by atoms with van der Waals surface area (Å²) < 4.78 is 10.5. The molecule has 0 saturated carbocycles. The summed E-state index contributed by atoms with van der Waals surface area (Å²) in [5.74, 6) is 0.587. The zero-order valence-electron chi connectivity index (χ0n) is 10.8. The summed E-state index contributed by atoms with van der Waals surface area (Å²) in [6.45, 7) is 8.29. The Balaban J connectivity index is 2.65. The zero-order valence-corrected chi connectivity index (χ0v) is 10.8. The Morgan fingerprint density at radius 1 is 1.35 bits per heavy atom. The molecule has 1 aromatic rings. The van der Waals surface area contributed by atoms with Crippen LogP contribution in [0.1, 0.15) is 38.1 Å². The number of pyridine rings is 1. The van der Waals surface area contributed by atoms with Crippen LogP contribution in [0.15, 0.2) is 18.3 Å². The largest absolute Gasteiger partial charge is 0.474 e. The highest BCUT2D eigenvalue weighted by Crippen LogP contribution is 2.13. The maximum Gasteiger partial charge on any atom is 0.339 e. The Labute approximate surface area is 102 Å². The number of nitrogens with zero attached hydrogens (tertiary/aromatic N) is 1. The van der Waals surface area contributed by atoms with Crippen molar-refractivity contribution >= 4 is 5.97 Å². The molecule has 0 aliphatic rings. The fourth-order valence-electron chi connectivity index (χ4n) is 1.11. The van der Waals surface area contributed by atoms with Crippen LogP contribution in [0.5, 0.6) is 5.88 Å². The second-order valence-corrected chi connectivity index (χ2v) is 4.17. The number of aromatic nitrogens is 1. The van der Waals surface area contributed by atoms with Gasteiger partial charge in [-0.2, -0.15) is 0 Å². The van der Waals surface area contributed by atoms with E-state index in [9.17, 15) is 4.79 Å². The molecule has 0 aromatic carbocycles. The standard InChI is InChI=1S/C13H19NO3/c1-5-16-13(15)11-6-7-12(14-8-11)17-10(4)9(2)3/h6-10H,5H2,1-4H3. The third-order valence-electron chi connectivity index (χ3n) is 2.49. The number of carbonyl (C=O) groups excluding carboxylic acids is 1. The molecular formula is C13H19NO3. The Morgan fingerprint density at radius 3 is 2.53 bits per heavy atom. The van der Waals surface area contributed by atoms with Crippen LogP contribution in [-0.2, 0) is 4.74 Å². The fourth-order valence-corrected chi connectivity index (χ4v) is 1.11. The molecule has 4 nitrogen and oxygen atoms in total. The van der Waals surface area contributed by atoms with Gasteiger partial charge in [0.25, 0.3) is 0 Å². The summed E-state index contributed by atoms with van der Waals surface area (Å²) in [4.78, 5) is 15.5. The van der Waals surface area contributed by atoms with Crippen molar-refractivity contribution in [2.75, 3.05) is 6.61 Å². The third-order valence-corrected chi connectivity index (χ3v) is 2.49. The first-order valence-corrected chi connectivity index (χ1v) is 5.84. The second-order valence-electron chi connectivity index (χ2n) is 4.17. The number of ether oxygens (including phenoxy) is 2. The van der Waals surface area contributed by atoms with Crippen LogP contribution in [0.2, 0.25) is 0 Å². The molecule has 0 aliphatic carbocycles. The summed E-state index contributed by atoms with van der Waals surface area (Å²) in [6.07, 6.45) is 1.57. The van der Waals surface area contributed by atoms with E-state index in [2.05, 4.69) is 18.8 Å². The van der Waals surface area contributed by atoms with E-state index < -0.39 is 0 Å². The van der Waals surface area contributed by atoms with Gasteiger partial charge in [0.2, 0.25) is 5.88 Å². The van der Waals surface area contributed by atoms with Crippen molar-refractivity contribution in [2.24, 2.45) is 5.92 Å². The molecule has 17 heavy (non-hydrogen) atoms. The van der Waals surface area contributed by atoms with E-state index in [4.69, 9.17) is 9.47 Å². The van der Waals surface area contributed by atoms with Crippen molar-refractivity contribution in [3.63, 3.8) is 0 Å². The Kier molecular flexibility index (Phi) is 4.94. The summed E-state index contributed by atoms with van der Waals surface area (Å²) in [6, 6.07) is 3.35. The van der Waals surface area contributed by atoms with Crippen molar-refractivity contribution in [3.8, 4) is 5.88 Å². The quantitative estimate of drug-likeness (QED) is 0.739. The molecule has 0 aliphatic heterocycles. The van der Waals surface area contributed by atoms with Crippen molar-refractivity contribution < 1.29 is 14.3 Å². The van der Waals surface area contributed by atoms with Crippen LogP contribution >= 0.6 is 0 Å². The normalized spacial score (nSPS) is 12.3. The molecule has 0 amide bonds. The van der Waals surface area contributed by atoms with E-state index in [0.29, 0.717) is 24.0 Å². The lowest BCUT2D eigenvalue weighted by atomic mass is 10.1. The molecule has 1 heterocycles.